The molecule has 2 nitrogen and oxygen atoms in total. The Kier molecular flexibility index (Phi) is 6.68. The maximum absolute atomic E-state index is 12.5. The summed E-state index contributed by atoms with van der Waals surface area (Å²) in [6, 6.07) is 8.34. The Morgan fingerprint density at radius 1 is 0.690 bits per heavy atom. The van der Waals surface area contributed by atoms with Gasteiger partial charge in [0.25, 0.3) is 0 Å². The molecule has 0 aliphatic carbocycles. The van der Waals surface area contributed by atoms with Gasteiger partial charge in [0.15, 0.2) is 5.78 Å². The van der Waals surface area contributed by atoms with E-state index in [0.717, 1.165) is 42.5 Å². The van der Waals surface area contributed by atoms with E-state index in [9.17, 15) is 36.2 Å². The number of rotatable bonds is 5. The fourth-order valence-electron chi connectivity index (χ4n) is 2.17. The highest BCUT2D eigenvalue weighted by atomic mass is 19.4. The Balaban J connectivity index is 1.99. The van der Waals surface area contributed by atoms with Crippen molar-refractivity contribution in [2.75, 3.05) is 0 Å². The predicted molar refractivity (Wildman–Crippen MR) is 96.7 cm³/mol. The molecule has 0 saturated carbocycles. The Labute approximate surface area is 162 Å². The number of allylic oxidation sites excluding steroid dienone is 3. The maximum atomic E-state index is 12.5. The largest absolute Gasteiger partial charge is 0.508 e. The zero-order valence-electron chi connectivity index (χ0n) is 14.6. The van der Waals surface area contributed by atoms with E-state index in [1.54, 1.807) is 0 Å². The molecule has 0 aromatic heterocycles. The Hall–Kier alpha value is -3.29. The molecule has 0 saturated heterocycles. The van der Waals surface area contributed by atoms with Crippen LogP contribution in [0.5, 0.6) is 0 Å². The molecule has 29 heavy (non-hydrogen) atoms. The van der Waals surface area contributed by atoms with Gasteiger partial charge in [-0.15, -0.1) is 0 Å². The number of benzene rings is 2. The van der Waals surface area contributed by atoms with E-state index in [1.165, 1.54) is 36.4 Å². The summed E-state index contributed by atoms with van der Waals surface area (Å²) in [5, 5.41) is 9.70. The Bertz CT molecular complexity index is 931. The van der Waals surface area contributed by atoms with Crippen molar-refractivity contribution in [1.82, 2.24) is 0 Å². The van der Waals surface area contributed by atoms with Crippen LogP contribution in [0.2, 0.25) is 0 Å². The van der Waals surface area contributed by atoms with Crippen molar-refractivity contribution in [2.45, 2.75) is 12.4 Å². The molecule has 0 aliphatic heterocycles. The summed E-state index contributed by atoms with van der Waals surface area (Å²) in [5.74, 6) is -1.06. The molecule has 2 aromatic carbocycles. The van der Waals surface area contributed by atoms with Crippen molar-refractivity contribution in [1.29, 1.82) is 0 Å². The molecule has 0 bridgehead atoms. The van der Waals surface area contributed by atoms with Gasteiger partial charge >= 0.3 is 12.4 Å². The first kappa shape index (κ1) is 22.0. The van der Waals surface area contributed by atoms with Crippen molar-refractivity contribution in [2.24, 2.45) is 0 Å². The van der Waals surface area contributed by atoms with Crippen LogP contribution in [0.1, 0.15) is 22.3 Å². The minimum atomic E-state index is -4.45. The molecule has 0 spiro atoms. The molecule has 0 amide bonds. The second kappa shape index (κ2) is 8.81. The number of ketones is 1. The number of aliphatic hydroxyl groups is 1. The lowest BCUT2D eigenvalue weighted by molar-refractivity contribution is -0.138. The van der Waals surface area contributed by atoms with Crippen molar-refractivity contribution in [3.05, 3.63) is 94.8 Å². The lowest BCUT2D eigenvalue weighted by Crippen LogP contribution is -2.03. The average Bonchev–Trinajstić information content (AvgIpc) is 2.64. The van der Waals surface area contributed by atoms with Gasteiger partial charge in [0.2, 0.25) is 0 Å². The van der Waals surface area contributed by atoms with Crippen LogP contribution in [-0.2, 0) is 17.1 Å². The van der Waals surface area contributed by atoms with Crippen LogP contribution in [0.15, 0.2) is 72.5 Å². The molecule has 2 rings (SSSR count). The van der Waals surface area contributed by atoms with Crippen molar-refractivity contribution in [3.63, 3.8) is 0 Å². The van der Waals surface area contributed by atoms with Crippen LogP contribution in [0, 0.1) is 0 Å². The average molecular weight is 412 g/mol. The minimum Gasteiger partial charge on any atom is -0.508 e. The van der Waals surface area contributed by atoms with Gasteiger partial charge < -0.3 is 5.11 Å². The monoisotopic (exact) mass is 412 g/mol. The molecule has 0 radical (unpaired) electrons. The first-order valence-corrected chi connectivity index (χ1v) is 8.10. The molecular weight excluding hydrogens is 398 g/mol. The molecule has 2 aromatic rings. The van der Waals surface area contributed by atoms with Gasteiger partial charge in [-0.3, -0.25) is 4.79 Å². The van der Waals surface area contributed by atoms with E-state index in [1.807, 2.05) is 0 Å². The maximum Gasteiger partial charge on any atom is 0.416 e. The summed E-state index contributed by atoms with van der Waals surface area (Å²) in [6.45, 7) is 0. The van der Waals surface area contributed by atoms with Crippen LogP contribution >= 0.6 is 0 Å². The third-order valence-electron chi connectivity index (χ3n) is 3.65. The van der Waals surface area contributed by atoms with Crippen molar-refractivity contribution < 1.29 is 36.2 Å². The van der Waals surface area contributed by atoms with Crippen LogP contribution in [0.3, 0.4) is 0 Å². The number of carbonyl (C=O) groups is 1. The number of carbonyl (C=O) groups excluding carboxylic acids is 1. The standard InChI is InChI=1S/C21H14F6O2/c22-20(23,24)16-7-1-14(2-8-16)5-11-18(28)13-19(29)12-6-15-3-9-17(10-4-15)21(25,26)27/h1-13,28H. The summed E-state index contributed by atoms with van der Waals surface area (Å²) in [7, 11) is 0. The smallest absolute Gasteiger partial charge is 0.416 e. The van der Waals surface area contributed by atoms with E-state index < -0.39 is 35.0 Å². The lowest BCUT2D eigenvalue weighted by atomic mass is 10.1. The van der Waals surface area contributed by atoms with Crippen LogP contribution < -0.4 is 0 Å². The molecule has 0 aliphatic rings. The molecule has 0 atom stereocenters. The normalized spacial score (nSPS) is 13.4. The first-order chi connectivity index (χ1) is 13.4. The minimum absolute atomic E-state index is 0.361. The topological polar surface area (TPSA) is 37.3 Å². The summed E-state index contributed by atoms with van der Waals surface area (Å²) < 4.78 is 74.9. The Morgan fingerprint density at radius 2 is 1.07 bits per heavy atom. The second-order valence-corrected chi connectivity index (χ2v) is 5.88. The highest BCUT2D eigenvalue weighted by Crippen LogP contribution is 2.30. The van der Waals surface area contributed by atoms with E-state index in [4.69, 9.17) is 0 Å². The lowest BCUT2D eigenvalue weighted by Gasteiger charge is -2.05. The number of hydrogen-bond acceptors (Lipinski definition) is 2. The third-order valence-corrected chi connectivity index (χ3v) is 3.65. The third kappa shape index (κ3) is 6.99. The fourth-order valence-corrected chi connectivity index (χ4v) is 2.17. The number of halogens is 6. The molecule has 8 heteroatoms. The van der Waals surface area contributed by atoms with Crippen molar-refractivity contribution in [3.8, 4) is 0 Å². The molecule has 0 fully saturated rings. The van der Waals surface area contributed by atoms with Gasteiger partial charge in [-0.2, -0.15) is 26.3 Å². The van der Waals surface area contributed by atoms with Gasteiger partial charge in [-0.1, -0.05) is 36.4 Å². The van der Waals surface area contributed by atoms with Crippen molar-refractivity contribution >= 4 is 17.9 Å². The van der Waals surface area contributed by atoms with Crippen LogP contribution in [0.25, 0.3) is 12.2 Å². The van der Waals surface area contributed by atoms with Crippen LogP contribution in [0.4, 0.5) is 26.3 Å². The SMILES string of the molecule is O=C(C=Cc1ccc(C(F)(F)F)cc1)C=C(O)C=Cc1ccc(C(F)(F)F)cc1. The van der Waals surface area contributed by atoms with Gasteiger partial charge in [-0.25, -0.2) is 0 Å². The van der Waals surface area contributed by atoms with E-state index in [0.29, 0.717) is 11.1 Å². The molecule has 0 heterocycles. The zero-order valence-corrected chi connectivity index (χ0v) is 14.6. The number of hydrogen-bond donors (Lipinski definition) is 1. The quantitative estimate of drug-likeness (QED) is 0.265. The highest BCUT2D eigenvalue weighted by molar-refractivity contribution is 6.02. The summed E-state index contributed by atoms with van der Waals surface area (Å²) in [5.41, 5.74) is -0.879. The molecule has 152 valence electrons. The van der Waals surface area contributed by atoms with Gasteiger partial charge in [0.05, 0.1) is 11.1 Å². The molecule has 0 unspecified atom stereocenters. The summed E-state index contributed by atoms with van der Waals surface area (Å²) >= 11 is 0. The van der Waals surface area contributed by atoms with Gasteiger partial charge in [-0.05, 0) is 47.5 Å². The Morgan fingerprint density at radius 3 is 1.45 bits per heavy atom. The number of aliphatic hydroxyl groups excluding tert-OH is 1. The molecular formula is C21H14F6O2. The van der Waals surface area contributed by atoms with Gasteiger partial charge in [0.1, 0.15) is 5.76 Å². The summed E-state index contributed by atoms with van der Waals surface area (Å²) in [6.07, 6.45) is -3.24. The fraction of sp³-hybridized carbons (Fsp3) is 0.0952. The highest BCUT2D eigenvalue weighted by Gasteiger charge is 2.30. The van der Waals surface area contributed by atoms with E-state index >= 15 is 0 Å². The zero-order chi connectivity index (χ0) is 21.7. The van der Waals surface area contributed by atoms with Gasteiger partial charge in [0, 0.05) is 6.08 Å². The van der Waals surface area contributed by atoms with E-state index in [-0.39, 0.29) is 0 Å². The summed E-state index contributed by atoms with van der Waals surface area (Å²) in [4.78, 5) is 11.8. The number of alkyl halides is 6. The first-order valence-electron chi connectivity index (χ1n) is 8.10. The van der Waals surface area contributed by atoms with Crippen LogP contribution in [-0.4, -0.2) is 10.9 Å². The van der Waals surface area contributed by atoms with E-state index in [2.05, 4.69) is 0 Å². The predicted octanol–water partition coefficient (Wildman–Crippen LogP) is 6.46. The molecule has 1 N–H and O–H groups in total. The second-order valence-electron chi connectivity index (χ2n) is 5.88.